The molecule has 3 N–H and O–H groups in total. The smallest absolute Gasteiger partial charge is 0.414 e. The fourth-order valence-corrected chi connectivity index (χ4v) is 3.82. The Morgan fingerprint density at radius 2 is 1.55 bits per heavy atom. The molecule has 0 bridgehead atoms. The fraction of sp³-hybridized carbons (Fsp3) is 0.333. The van der Waals surface area contributed by atoms with Crippen LogP contribution in [-0.2, 0) is 16.1 Å². The molecular formula is C18H21N3O6S2. The monoisotopic (exact) mass is 439 g/mol. The summed E-state index contributed by atoms with van der Waals surface area (Å²) in [5, 5.41) is 21.7. The lowest BCUT2D eigenvalue weighted by atomic mass is 10.2. The Bertz CT molecular complexity index is 803. The van der Waals surface area contributed by atoms with Gasteiger partial charge < -0.3 is 20.4 Å². The number of thiophene rings is 2. The lowest BCUT2D eigenvalue weighted by Gasteiger charge is -2.34. The minimum absolute atomic E-state index is 0.0253. The molecule has 0 radical (unpaired) electrons. The highest BCUT2D eigenvalue weighted by Gasteiger charge is 2.22. The Morgan fingerprint density at radius 3 is 2.07 bits per heavy atom. The van der Waals surface area contributed by atoms with Crippen LogP contribution in [0.5, 0.6) is 0 Å². The van der Waals surface area contributed by atoms with Crippen LogP contribution < -0.4 is 5.32 Å². The molecule has 1 aliphatic heterocycles. The van der Waals surface area contributed by atoms with E-state index in [-0.39, 0.29) is 11.8 Å². The van der Waals surface area contributed by atoms with Crippen molar-refractivity contribution in [1.29, 1.82) is 0 Å². The summed E-state index contributed by atoms with van der Waals surface area (Å²) in [5.74, 6) is -3.49. The quantitative estimate of drug-likeness (QED) is 0.478. The van der Waals surface area contributed by atoms with Crippen molar-refractivity contribution in [1.82, 2.24) is 15.1 Å². The highest BCUT2D eigenvalue weighted by molar-refractivity contribution is 7.12. The summed E-state index contributed by atoms with van der Waals surface area (Å²) >= 11 is 3.12. The van der Waals surface area contributed by atoms with Crippen molar-refractivity contribution in [3.8, 4) is 0 Å². The van der Waals surface area contributed by atoms with E-state index in [9.17, 15) is 9.59 Å². The van der Waals surface area contributed by atoms with Gasteiger partial charge in [-0.1, -0.05) is 12.1 Å². The van der Waals surface area contributed by atoms with Gasteiger partial charge in [0, 0.05) is 31.1 Å². The second kappa shape index (κ2) is 11.3. The zero-order valence-corrected chi connectivity index (χ0v) is 17.1. The predicted octanol–water partition coefficient (Wildman–Crippen LogP) is 1.68. The number of ketones is 1. The second-order valence-corrected chi connectivity index (χ2v) is 7.99. The Morgan fingerprint density at radius 1 is 0.931 bits per heavy atom. The average Bonchev–Trinajstić information content (AvgIpc) is 3.41. The zero-order chi connectivity index (χ0) is 21.2. The number of nitrogens with zero attached hydrogens (tertiary/aromatic N) is 2. The Kier molecular flexibility index (Phi) is 8.77. The number of piperazine rings is 1. The Balaban J connectivity index is 0.000000438. The van der Waals surface area contributed by atoms with Crippen molar-refractivity contribution in [2.45, 2.75) is 6.54 Å². The molecule has 0 aliphatic carbocycles. The highest BCUT2D eigenvalue weighted by Crippen LogP contribution is 2.12. The van der Waals surface area contributed by atoms with Crippen LogP contribution in [0.4, 0.5) is 4.79 Å². The summed E-state index contributed by atoms with van der Waals surface area (Å²) in [5.41, 5.74) is 0. The molecule has 156 valence electrons. The van der Waals surface area contributed by atoms with E-state index in [1.54, 1.807) is 11.3 Å². The van der Waals surface area contributed by atoms with E-state index >= 15 is 0 Å². The summed E-state index contributed by atoms with van der Waals surface area (Å²) in [6, 6.07) is 7.73. The lowest BCUT2D eigenvalue weighted by molar-refractivity contribution is -0.159. The van der Waals surface area contributed by atoms with E-state index in [0.717, 1.165) is 22.8 Å². The van der Waals surface area contributed by atoms with Crippen LogP contribution in [-0.4, -0.2) is 76.5 Å². The zero-order valence-electron chi connectivity index (χ0n) is 15.4. The van der Waals surface area contributed by atoms with E-state index in [1.807, 2.05) is 39.9 Å². The van der Waals surface area contributed by atoms with Crippen LogP contribution in [0.2, 0.25) is 0 Å². The number of urea groups is 1. The molecule has 0 unspecified atom stereocenters. The van der Waals surface area contributed by atoms with Gasteiger partial charge in [0.2, 0.25) is 0 Å². The number of rotatable bonds is 5. The van der Waals surface area contributed by atoms with Crippen LogP contribution in [0.15, 0.2) is 35.0 Å². The molecule has 0 aromatic carbocycles. The maximum Gasteiger partial charge on any atom is 0.414 e. The number of amides is 2. The number of Topliss-reactive ketones (excluding diaryl/α,β-unsaturated/α-hetero) is 1. The van der Waals surface area contributed by atoms with Crippen LogP contribution >= 0.6 is 22.7 Å². The molecule has 29 heavy (non-hydrogen) atoms. The van der Waals surface area contributed by atoms with E-state index < -0.39 is 11.9 Å². The van der Waals surface area contributed by atoms with Crippen LogP contribution in [0.1, 0.15) is 14.5 Å². The molecule has 9 nitrogen and oxygen atoms in total. The van der Waals surface area contributed by atoms with Gasteiger partial charge in [-0.2, -0.15) is 0 Å². The average molecular weight is 440 g/mol. The second-order valence-electron chi connectivity index (χ2n) is 6.01. The first-order chi connectivity index (χ1) is 13.9. The summed E-state index contributed by atoms with van der Waals surface area (Å²) in [6.07, 6.45) is 0. The molecular weight excluding hydrogens is 418 g/mol. The number of carbonyl (C=O) groups excluding carboxylic acids is 2. The van der Waals surface area contributed by atoms with Crippen molar-refractivity contribution in [2.75, 3.05) is 32.7 Å². The summed E-state index contributed by atoms with van der Waals surface area (Å²) in [7, 11) is 0. The molecule has 2 aromatic heterocycles. The van der Waals surface area contributed by atoms with Crippen LogP contribution in [0.3, 0.4) is 0 Å². The Hall–Kier alpha value is -2.76. The molecule has 1 aliphatic rings. The molecule has 0 saturated carbocycles. The van der Waals surface area contributed by atoms with Gasteiger partial charge in [-0.25, -0.2) is 14.4 Å². The minimum Gasteiger partial charge on any atom is -0.473 e. The van der Waals surface area contributed by atoms with Crippen molar-refractivity contribution in [3.05, 3.63) is 44.8 Å². The number of hydrogen-bond acceptors (Lipinski definition) is 7. The third-order valence-corrected chi connectivity index (χ3v) is 5.79. The van der Waals surface area contributed by atoms with E-state index in [0.29, 0.717) is 26.2 Å². The van der Waals surface area contributed by atoms with Gasteiger partial charge in [-0.3, -0.25) is 9.69 Å². The van der Waals surface area contributed by atoms with Crippen molar-refractivity contribution >= 4 is 46.4 Å². The Labute approximate surface area is 175 Å². The molecule has 3 heterocycles. The van der Waals surface area contributed by atoms with Gasteiger partial charge in [0.1, 0.15) is 0 Å². The van der Waals surface area contributed by atoms with Crippen LogP contribution in [0, 0.1) is 0 Å². The molecule has 1 saturated heterocycles. The van der Waals surface area contributed by atoms with Gasteiger partial charge in [-0.05, 0) is 22.9 Å². The fourth-order valence-electron chi connectivity index (χ4n) is 2.52. The number of carbonyl (C=O) groups is 4. The number of nitrogens with one attached hydrogen (secondary N) is 1. The third kappa shape index (κ3) is 7.64. The first-order valence-electron chi connectivity index (χ1n) is 8.67. The first-order valence-corrected chi connectivity index (χ1v) is 10.4. The molecule has 2 aromatic rings. The van der Waals surface area contributed by atoms with E-state index in [1.165, 1.54) is 11.3 Å². The predicted molar refractivity (Wildman–Crippen MR) is 108 cm³/mol. The molecule has 0 spiro atoms. The normalized spacial score (nSPS) is 13.9. The number of carboxylic acids is 2. The van der Waals surface area contributed by atoms with Crippen LogP contribution in [0.25, 0.3) is 0 Å². The summed E-state index contributed by atoms with van der Waals surface area (Å²) < 4.78 is 0. The topological polar surface area (TPSA) is 127 Å². The largest absolute Gasteiger partial charge is 0.473 e. The molecule has 2 amide bonds. The van der Waals surface area contributed by atoms with Gasteiger partial charge in [-0.15, -0.1) is 22.7 Å². The summed E-state index contributed by atoms with van der Waals surface area (Å²) in [4.78, 5) is 48.3. The van der Waals surface area contributed by atoms with Gasteiger partial charge >= 0.3 is 18.0 Å². The van der Waals surface area contributed by atoms with Crippen molar-refractivity contribution in [3.63, 3.8) is 0 Å². The highest BCUT2D eigenvalue weighted by atomic mass is 32.1. The first kappa shape index (κ1) is 22.5. The van der Waals surface area contributed by atoms with Gasteiger partial charge in [0.25, 0.3) is 0 Å². The maximum absolute atomic E-state index is 12.1. The number of aliphatic carboxylic acids is 2. The molecule has 0 atom stereocenters. The van der Waals surface area contributed by atoms with Crippen molar-refractivity contribution in [2.24, 2.45) is 0 Å². The number of carboxylic acid groups (broad SMARTS) is 2. The van der Waals surface area contributed by atoms with E-state index in [4.69, 9.17) is 19.8 Å². The molecule has 11 heteroatoms. The summed E-state index contributed by atoms with van der Waals surface area (Å²) in [6.45, 7) is 3.81. The van der Waals surface area contributed by atoms with Crippen molar-refractivity contribution < 1.29 is 29.4 Å². The van der Waals surface area contributed by atoms with Gasteiger partial charge in [0.05, 0.1) is 18.0 Å². The SMILES string of the molecule is O=C(CN1CCN(C(=O)NCc2cccs2)CC1)c1cccs1.O=C(O)C(=O)O. The maximum atomic E-state index is 12.1. The lowest BCUT2D eigenvalue weighted by Crippen LogP contribution is -2.52. The van der Waals surface area contributed by atoms with Gasteiger partial charge in [0.15, 0.2) is 5.78 Å². The van der Waals surface area contributed by atoms with E-state index in [2.05, 4.69) is 10.2 Å². The molecule has 1 fully saturated rings. The number of hydrogen-bond donors (Lipinski definition) is 3. The molecule has 3 rings (SSSR count). The third-order valence-electron chi connectivity index (χ3n) is 4.00. The standard InChI is InChI=1S/C16H19N3O2S2.C2H2O4/c20-14(15-4-2-10-23-15)12-18-5-7-19(8-6-18)16(21)17-11-13-3-1-9-22-13;3-1(4)2(5)6/h1-4,9-10H,5-8,11-12H2,(H,17,21);(H,3,4)(H,5,6). The minimum atomic E-state index is -1.82.